The number of methoxy groups -OCH3 is 2. The van der Waals surface area contributed by atoms with Crippen LogP contribution in [0.25, 0.3) is 10.9 Å². The zero-order valence-corrected chi connectivity index (χ0v) is 17.1. The first-order valence-corrected chi connectivity index (χ1v) is 9.72. The summed E-state index contributed by atoms with van der Waals surface area (Å²) in [6, 6.07) is 4.06. The summed E-state index contributed by atoms with van der Waals surface area (Å²) in [4.78, 5) is 25.4. The van der Waals surface area contributed by atoms with E-state index in [2.05, 4.69) is 27.1 Å². The molecule has 0 unspecified atom stereocenters. The Morgan fingerprint density at radius 3 is 2.50 bits per heavy atom. The Hall–Kier alpha value is -2.77. The number of carbonyl (C=O) groups excluding carboxylic acids is 1. The first-order valence-electron chi connectivity index (χ1n) is 9.72. The number of nitrogens with one attached hydrogen (secondary N) is 1. The zero-order chi connectivity index (χ0) is 20.1. The van der Waals surface area contributed by atoms with Crippen LogP contribution in [0.2, 0.25) is 0 Å². The Balaban J connectivity index is 1.82. The number of nitrogens with zero attached hydrogens (tertiary/aromatic N) is 4. The number of hydrogen-bond acceptors (Lipinski definition) is 6. The molecule has 0 spiro atoms. The van der Waals surface area contributed by atoms with Crippen LogP contribution >= 0.6 is 0 Å². The van der Waals surface area contributed by atoms with Gasteiger partial charge in [0.25, 0.3) is 0 Å². The van der Waals surface area contributed by atoms with Gasteiger partial charge < -0.3 is 24.6 Å². The maximum absolute atomic E-state index is 12.2. The van der Waals surface area contributed by atoms with Gasteiger partial charge in [-0.15, -0.1) is 0 Å². The molecule has 3 rings (SSSR count). The number of carbonyl (C=O) groups is 1. The average molecular weight is 387 g/mol. The van der Waals surface area contributed by atoms with E-state index >= 15 is 0 Å². The topological polar surface area (TPSA) is 79.8 Å². The van der Waals surface area contributed by atoms with Gasteiger partial charge in [0, 0.05) is 44.2 Å². The number of hydrogen-bond donors (Lipinski definition) is 1. The van der Waals surface area contributed by atoms with E-state index < -0.39 is 0 Å². The molecule has 1 saturated heterocycles. The molecule has 0 aliphatic carbocycles. The van der Waals surface area contributed by atoms with E-state index in [4.69, 9.17) is 9.47 Å². The molecule has 1 aliphatic rings. The van der Waals surface area contributed by atoms with Crippen molar-refractivity contribution in [2.45, 2.75) is 32.2 Å². The number of ether oxygens (including phenoxy) is 2. The number of piperidine rings is 1. The summed E-state index contributed by atoms with van der Waals surface area (Å²) in [5.41, 5.74) is 0.822. The Morgan fingerprint density at radius 2 is 1.89 bits per heavy atom. The second-order valence-corrected chi connectivity index (χ2v) is 6.89. The standard InChI is InChI=1S/C20H29N5O3/c1-5-8-25(20(26)21-2)14-6-9-24(10-7-14)19-15-11-17(27-3)18(28-4)12-16(15)22-13-23-19/h11-14H,5-10H2,1-4H3,(H,21,26). The van der Waals surface area contributed by atoms with Crippen molar-refractivity contribution in [1.82, 2.24) is 20.2 Å². The highest BCUT2D eigenvalue weighted by Gasteiger charge is 2.28. The molecule has 2 heterocycles. The summed E-state index contributed by atoms with van der Waals surface area (Å²) in [7, 11) is 4.93. The lowest BCUT2D eigenvalue weighted by Gasteiger charge is -2.39. The van der Waals surface area contributed by atoms with E-state index in [-0.39, 0.29) is 12.1 Å². The Labute approximate surface area is 165 Å². The summed E-state index contributed by atoms with van der Waals surface area (Å²) in [6.45, 7) is 4.54. The molecule has 1 N–H and O–H groups in total. The Bertz CT molecular complexity index is 821. The smallest absolute Gasteiger partial charge is 0.317 e. The number of benzene rings is 1. The highest BCUT2D eigenvalue weighted by molar-refractivity contribution is 5.92. The second-order valence-electron chi connectivity index (χ2n) is 6.89. The summed E-state index contributed by atoms with van der Waals surface area (Å²) in [5.74, 6) is 2.21. The van der Waals surface area contributed by atoms with E-state index in [0.717, 1.165) is 55.6 Å². The third-order valence-electron chi connectivity index (χ3n) is 5.26. The Morgan fingerprint density at radius 1 is 1.21 bits per heavy atom. The van der Waals surface area contributed by atoms with Crippen molar-refractivity contribution in [3.63, 3.8) is 0 Å². The molecule has 8 heteroatoms. The lowest BCUT2D eigenvalue weighted by molar-refractivity contribution is 0.164. The third-order valence-corrected chi connectivity index (χ3v) is 5.26. The maximum Gasteiger partial charge on any atom is 0.317 e. The first kappa shape index (κ1) is 20.0. The van der Waals surface area contributed by atoms with Crippen LogP contribution in [-0.4, -0.2) is 67.8 Å². The molecule has 1 aromatic carbocycles. The number of anilines is 1. The summed E-state index contributed by atoms with van der Waals surface area (Å²) < 4.78 is 10.8. The average Bonchev–Trinajstić information content (AvgIpc) is 2.75. The summed E-state index contributed by atoms with van der Waals surface area (Å²) >= 11 is 0. The molecule has 0 bridgehead atoms. The fourth-order valence-electron chi connectivity index (χ4n) is 3.85. The van der Waals surface area contributed by atoms with Crippen molar-refractivity contribution >= 4 is 22.8 Å². The normalized spacial score (nSPS) is 14.8. The molecule has 8 nitrogen and oxygen atoms in total. The number of urea groups is 1. The van der Waals surface area contributed by atoms with Crippen LogP contribution in [0.15, 0.2) is 18.5 Å². The molecule has 152 valence electrons. The Kier molecular flexibility index (Phi) is 6.38. The predicted octanol–water partition coefficient (Wildman–Crippen LogP) is 2.67. The van der Waals surface area contributed by atoms with Crippen molar-refractivity contribution in [3.8, 4) is 11.5 Å². The maximum atomic E-state index is 12.2. The minimum atomic E-state index is 0.00428. The minimum absolute atomic E-state index is 0.00428. The van der Waals surface area contributed by atoms with E-state index in [9.17, 15) is 4.79 Å². The quantitative estimate of drug-likeness (QED) is 0.821. The van der Waals surface area contributed by atoms with Gasteiger partial charge in [-0.3, -0.25) is 0 Å². The monoisotopic (exact) mass is 387 g/mol. The number of rotatable bonds is 6. The molecule has 2 aromatic rings. The van der Waals surface area contributed by atoms with Gasteiger partial charge in [-0.25, -0.2) is 14.8 Å². The van der Waals surface area contributed by atoms with Crippen LogP contribution in [0.4, 0.5) is 10.6 Å². The van der Waals surface area contributed by atoms with Gasteiger partial charge in [0.05, 0.1) is 19.7 Å². The van der Waals surface area contributed by atoms with Crippen molar-refractivity contribution in [1.29, 1.82) is 0 Å². The lowest BCUT2D eigenvalue weighted by atomic mass is 10.0. The van der Waals surface area contributed by atoms with Crippen LogP contribution in [0.1, 0.15) is 26.2 Å². The highest BCUT2D eigenvalue weighted by atomic mass is 16.5. The van der Waals surface area contributed by atoms with Gasteiger partial charge in [-0.1, -0.05) is 6.92 Å². The third kappa shape index (κ3) is 3.90. The molecule has 1 aliphatic heterocycles. The largest absolute Gasteiger partial charge is 0.493 e. The van der Waals surface area contributed by atoms with Crippen molar-refractivity contribution < 1.29 is 14.3 Å². The molecule has 0 saturated carbocycles. The molecular formula is C20H29N5O3. The van der Waals surface area contributed by atoms with Gasteiger partial charge in [-0.2, -0.15) is 0 Å². The van der Waals surface area contributed by atoms with Crippen molar-refractivity contribution in [3.05, 3.63) is 18.5 Å². The summed E-state index contributed by atoms with van der Waals surface area (Å²) in [6.07, 6.45) is 4.35. The van der Waals surface area contributed by atoms with E-state index in [0.29, 0.717) is 11.5 Å². The second kappa shape index (κ2) is 8.95. The SMILES string of the molecule is CCCN(C(=O)NC)C1CCN(c2ncnc3cc(OC)c(OC)cc23)CC1. The molecular weight excluding hydrogens is 358 g/mol. The van der Waals surface area contributed by atoms with E-state index in [1.54, 1.807) is 27.6 Å². The fourth-order valence-corrected chi connectivity index (χ4v) is 3.85. The molecule has 2 amide bonds. The minimum Gasteiger partial charge on any atom is -0.493 e. The molecule has 0 radical (unpaired) electrons. The number of fused-ring (bicyclic) bond motifs is 1. The molecule has 1 aromatic heterocycles. The van der Waals surface area contributed by atoms with Gasteiger partial charge in [0.1, 0.15) is 12.1 Å². The number of amides is 2. The zero-order valence-electron chi connectivity index (χ0n) is 17.1. The van der Waals surface area contributed by atoms with Gasteiger partial charge in [0.2, 0.25) is 0 Å². The molecule has 28 heavy (non-hydrogen) atoms. The van der Waals surface area contributed by atoms with Gasteiger partial charge in [-0.05, 0) is 25.3 Å². The molecule has 0 atom stereocenters. The predicted molar refractivity (Wildman–Crippen MR) is 109 cm³/mol. The molecule has 1 fully saturated rings. The van der Waals surface area contributed by atoms with E-state index in [1.165, 1.54) is 0 Å². The highest BCUT2D eigenvalue weighted by Crippen LogP contribution is 2.35. The van der Waals surface area contributed by atoms with Crippen LogP contribution in [0, 0.1) is 0 Å². The fraction of sp³-hybridized carbons (Fsp3) is 0.550. The van der Waals surface area contributed by atoms with Crippen molar-refractivity contribution in [2.24, 2.45) is 0 Å². The van der Waals surface area contributed by atoms with Crippen LogP contribution in [0.3, 0.4) is 0 Å². The summed E-state index contributed by atoms with van der Waals surface area (Å²) in [5, 5.41) is 3.70. The van der Waals surface area contributed by atoms with Crippen LogP contribution in [-0.2, 0) is 0 Å². The van der Waals surface area contributed by atoms with Crippen LogP contribution in [0.5, 0.6) is 11.5 Å². The van der Waals surface area contributed by atoms with Crippen LogP contribution < -0.4 is 19.7 Å². The van der Waals surface area contributed by atoms with Crippen molar-refractivity contribution in [2.75, 3.05) is 45.8 Å². The van der Waals surface area contributed by atoms with Gasteiger partial charge in [0.15, 0.2) is 11.5 Å². The van der Waals surface area contributed by atoms with Gasteiger partial charge >= 0.3 is 6.03 Å². The van der Waals surface area contributed by atoms with E-state index in [1.807, 2.05) is 17.0 Å². The first-order chi connectivity index (χ1) is 13.6. The number of aromatic nitrogens is 2. The lowest BCUT2D eigenvalue weighted by Crippen LogP contribution is -2.50.